The number of fused-ring (bicyclic) bond motifs is 1. The average Bonchev–Trinajstić information content (AvgIpc) is 3.11. The molecule has 3 atom stereocenters. The van der Waals surface area contributed by atoms with Gasteiger partial charge in [0.15, 0.2) is 0 Å². The van der Waals surface area contributed by atoms with Gasteiger partial charge in [0.2, 0.25) is 5.91 Å². The fraction of sp³-hybridized carbons (Fsp3) is 0.706. The van der Waals surface area contributed by atoms with Gasteiger partial charge < -0.3 is 9.80 Å². The SMILES string of the molecule is O=C(C1NNC2CCCCC21)N1CCN(c2cc(C(F)(F)F)ncn2)CC1. The molecular weight excluding hydrogens is 361 g/mol. The van der Waals surface area contributed by atoms with Crippen LogP contribution < -0.4 is 15.8 Å². The summed E-state index contributed by atoms with van der Waals surface area (Å²) in [5.41, 5.74) is 5.47. The first-order valence-corrected chi connectivity index (χ1v) is 9.37. The van der Waals surface area contributed by atoms with Crippen LogP contribution in [-0.4, -0.2) is 59.0 Å². The number of aromatic nitrogens is 2. The van der Waals surface area contributed by atoms with Gasteiger partial charge in [-0.05, 0) is 12.8 Å². The third-order valence-corrected chi connectivity index (χ3v) is 5.80. The first-order chi connectivity index (χ1) is 12.9. The number of hydrogen-bond acceptors (Lipinski definition) is 6. The molecule has 10 heteroatoms. The van der Waals surface area contributed by atoms with Crippen LogP contribution in [0.2, 0.25) is 0 Å². The van der Waals surface area contributed by atoms with Crippen LogP contribution in [-0.2, 0) is 11.0 Å². The van der Waals surface area contributed by atoms with E-state index < -0.39 is 11.9 Å². The molecule has 2 N–H and O–H groups in total. The lowest BCUT2D eigenvalue weighted by molar-refractivity contribution is -0.141. The van der Waals surface area contributed by atoms with Gasteiger partial charge in [-0.3, -0.25) is 10.2 Å². The molecule has 3 aliphatic rings. The number of carbonyl (C=O) groups is 1. The van der Waals surface area contributed by atoms with Crippen molar-refractivity contribution in [2.45, 2.75) is 43.9 Å². The first kappa shape index (κ1) is 18.4. The van der Waals surface area contributed by atoms with Crippen LogP contribution >= 0.6 is 0 Å². The molecule has 1 amide bonds. The van der Waals surface area contributed by atoms with E-state index >= 15 is 0 Å². The highest BCUT2D eigenvalue weighted by atomic mass is 19.4. The number of rotatable bonds is 2. The Labute approximate surface area is 155 Å². The van der Waals surface area contributed by atoms with Gasteiger partial charge in [-0.25, -0.2) is 15.4 Å². The Hall–Kier alpha value is -1.94. The van der Waals surface area contributed by atoms with Crippen LogP contribution in [0.25, 0.3) is 0 Å². The summed E-state index contributed by atoms with van der Waals surface area (Å²) in [5, 5.41) is 0. The fourth-order valence-corrected chi connectivity index (χ4v) is 4.31. The van der Waals surface area contributed by atoms with Gasteiger partial charge in [-0.2, -0.15) is 13.2 Å². The molecule has 2 aliphatic heterocycles. The molecule has 2 saturated heterocycles. The zero-order chi connectivity index (χ0) is 19.0. The Morgan fingerprint density at radius 3 is 2.56 bits per heavy atom. The van der Waals surface area contributed by atoms with Gasteiger partial charge >= 0.3 is 6.18 Å². The molecule has 0 aromatic carbocycles. The van der Waals surface area contributed by atoms with Crippen molar-refractivity contribution >= 4 is 11.7 Å². The molecule has 3 heterocycles. The normalized spacial score (nSPS) is 28.9. The number of carbonyl (C=O) groups excluding carboxylic acids is 1. The van der Waals surface area contributed by atoms with Crippen molar-refractivity contribution < 1.29 is 18.0 Å². The van der Waals surface area contributed by atoms with Crippen molar-refractivity contribution in [3.05, 3.63) is 18.1 Å². The van der Waals surface area contributed by atoms with E-state index in [0.717, 1.165) is 31.7 Å². The zero-order valence-corrected chi connectivity index (χ0v) is 14.9. The number of amides is 1. The van der Waals surface area contributed by atoms with E-state index in [2.05, 4.69) is 20.8 Å². The van der Waals surface area contributed by atoms with Crippen LogP contribution in [0.4, 0.5) is 19.0 Å². The summed E-state index contributed by atoms with van der Waals surface area (Å²) in [6.45, 7) is 1.85. The minimum Gasteiger partial charge on any atom is -0.353 e. The van der Waals surface area contributed by atoms with Gasteiger partial charge in [0, 0.05) is 44.2 Å². The van der Waals surface area contributed by atoms with E-state index in [0.29, 0.717) is 38.1 Å². The lowest BCUT2D eigenvalue weighted by atomic mass is 9.81. The summed E-state index contributed by atoms with van der Waals surface area (Å²) in [5.74, 6) is 0.646. The van der Waals surface area contributed by atoms with E-state index in [1.54, 1.807) is 9.80 Å². The Morgan fingerprint density at radius 2 is 1.81 bits per heavy atom. The molecule has 148 valence electrons. The predicted octanol–water partition coefficient (Wildman–Crippen LogP) is 1.18. The number of nitrogens with one attached hydrogen (secondary N) is 2. The van der Waals surface area contributed by atoms with Crippen molar-refractivity contribution in [2.75, 3.05) is 31.1 Å². The lowest BCUT2D eigenvalue weighted by Gasteiger charge is -2.37. The van der Waals surface area contributed by atoms with Crippen molar-refractivity contribution in [1.29, 1.82) is 0 Å². The molecule has 1 aliphatic carbocycles. The number of alkyl halides is 3. The van der Waals surface area contributed by atoms with Gasteiger partial charge in [-0.15, -0.1) is 0 Å². The molecule has 1 aromatic heterocycles. The van der Waals surface area contributed by atoms with Crippen LogP contribution in [0.3, 0.4) is 0 Å². The fourth-order valence-electron chi connectivity index (χ4n) is 4.31. The third-order valence-electron chi connectivity index (χ3n) is 5.80. The van der Waals surface area contributed by atoms with E-state index in [4.69, 9.17) is 0 Å². The Morgan fingerprint density at radius 1 is 1.07 bits per heavy atom. The maximum Gasteiger partial charge on any atom is 0.433 e. The number of hydrazine groups is 1. The molecule has 3 unspecified atom stereocenters. The van der Waals surface area contributed by atoms with Crippen molar-refractivity contribution in [3.8, 4) is 0 Å². The lowest BCUT2D eigenvalue weighted by Crippen LogP contribution is -2.55. The molecule has 0 bridgehead atoms. The predicted molar refractivity (Wildman–Crippen MR) is 91.6 cm³/mol. The van der Waals surface area contributed by atoms with Gasteiger partial charge in [0.25, 0.3) is 0 Å². The summed E-state index contributed by atoms with van der Waals surface area (Å²) in [4.78, 5) is 23.8. The van der Waals surface area contributed by atoms with E-state index in [1.165, 1.54) is 6.42 Å². The maximum absolute atomic E-state index is 12.9. The van der Waals surface area contributed by atoms with Gasteiger partial charge in [0.05, 0.1) is 0 Å². The van der Waals surface area contributed by atoms with Crippen molar-refractivity contribution in [3.63, 3.8) is 0 Å². The van der Waals surface area contributed by atoms with Crippen LogP contribution in [0.15, 0.2) is 12.4 Å². The smallest absolute Gasteiger partial charge is 0.353 e. The molecule has 3 fully saturated rings. The van der Waals surface area contributed by atoms with Crippen LogP contribution in [0.5, 0.6) is 0 Å². The minimum absolute atomic E-state index is 0.0789. The average molecular weight is 384 g/mol. The van der Waals surface area contributed by atoms with E-state index in [1.807, 2.05) is 0 Å². The Kier molecular flexibility index (Phi) is 4.94. The summed E-state index contributed by atoms with van der Waals surface area (Å²) < 4.78 is 38.5. The highest BCUT2D eigenvalue weighted by molar-refractivity contribution is 5.83. The quantitative estimate of drug-likeness (QED) is 0.798. The van der Waals surface area contributed by atoms with Crippen LogP contribution in [0.1, 0.15) is 31.4 Å². The Bertz CT molecular complexity index is 691. The summed E-state index contributed by atoms with van der Waals surface area (Å²) in [7, 11) is 0. The number of halogens is 3. The van der Waals surface area contributed by atoms with E-state index in [9.17, 15) is 18.0 Å². The molecule has 0 radical (unpaired) electrons. The molecule has 1 aromatic rings. The summed E-state index contributed by atoms with van der Waals surface area (Å²) in [6.07, 6.45) is 0.915. The highest BCUT2D eigenvalue weighted by Crippen LogP contribution is 2.31. The summed E-state index contributed by atoms with van der Waals surface area (Å²) in [6, 6.07) is 1.11. The Balaban J connectivity index is 1.37. The first-order valence-electron chi connectivity index (χ1n) is 9.37. The van der Waals surface area contributed by atoms with E-state index in [-0.39, 0.29) is 17.8 Å². The van der Waals surface area contributed by atoms with Gasteiger partial charge in [0.1, 0.15) is 23.9 Å². The number of anilines is 1. The topological polar surface area (TPSA) is 73.4 Å². The second-order valence-electron chi connectivity index (χ2n) is 7.39. The zero-order valence-electron chi connectivity index (χ0n) is 14.9. The second kappa shape index (κ2) is 7.23. The molecule has 7 nitrogen and oxygen atoms in total. The van der Waals surface area contributed by atoms with Crippen molar-refractivity contribution in [1.82, 2.24) is 25.7 Å². The standard InChI is InChI=1S/C17H23F3N6O/c18-17(19,20)13-9-14(22-10-21-13)25-5-7-26(8-6-25)16(27)15-11-3-1-2-4-12(11)23-24-15/h9-12,15,23-24H,1-8H2. The molecule has 4 rings (SSSR count). The monoisotopic (exact) mass is 384 g/mol. The molecule has 1 saturated carbocycles. The van der Waals surface area contributed by atoms with Crippen LogP contribution in [0, 0.1) is 5.92 Å². The van der Waals surface area contributed by atoms with Gasteiger partial charge in [-0.1, -0.05) is 12.8 Å². The molecule has 27 heavy (non-hydrogen) atoms. The number of hydrogen-bond donors (Lipinski definition) is 2. The largest absolute Gasteiger partial charge is 0.433 e. The van der Waals surface area contributed by atoms with Crippen molar-refractivity contribution in [2.24, 2.45) is 5.92 Å². The second-order valence-corrected chi connectivity index (χ2v) is 7.39. The highest BCUT2D eigenvalue weighted by Gasteiger charge is 2.43. The molecular formula is C17H23F3N6O. The third kappa shape index (κ3) is 3.73. The minimum atomic E-state index is -4.49. The summed E-state index contributed by atoms with van der Waals surface area (Å²) >= 11 is 0. The molecule has 0 spiro atoms. The number of piperazine rings is 1. The maximum atomic E-state index is 12.9. The number of nitrogens with zero attached hydrogens (tertiary/aromatic N) is 4.